The summed E-state index contributed by atoms with van der Waals surface area (Å²) in [6, 6.07) is 6.07. The molecule has 7 nitrogen and oxygen atoms in total. The molecule has 21 heavy (non-hydrogen) atoms. The van der Waals surface area contributed by atoms with Crippen molar-refractivity contribution in [3.05, 3.63) is 29.8 Å². The Hall–Kier alpha value is -2.09. The zero-order chi connectivity index (χ0) is 15.5. The predicted octanol–water partition coefficient (Wildman–Crippen LogP) is 0.431. The summed E-state index contributed by atoms with van der Waals surface area (Å²) in [7, 11) is -3.28. The predicted molar refractivity (Wildman–Crippen MR) is 76.8 cm³/mol. The first-order valence-corrected chi connectivity index (χ1v) is 8.11. The number of carboxylic acids is 1. The summed E-state index contributed by atoms with van der Waals surface area (Å²) in [6.45, 7) is -0.0199. The van der Waals surface area contributed by atoms with E-state index in [-0.39, 0.29) is 11.3 Å². The zero-order valence-electron chi connectivity index (χ0n) is 11.3. The van der Waals surface area contributed by atoms with E-state index in [1.807, 2.05) is 0 Å². The maximum atomic E-state index is 12.0. The van der Waals surface area contributed by atoms with Crippen LogP contribution < -0.4 is 9.62 Å². The Balaban J connectivity index is 2.11. The van der Waals surface area contributed by atoms with E-state index < -0.39 is 28.4 Å². The number of anilines is 1. The molecule has 1 aliphatic heterocycles. The van der Waals surface area contributed by atoms with Gasteiger partial charge < -0.3 is 10.4 Å². The molecule has 1 aromatic carbocycles. The Morgan fingerprint density at radius 2 is 1.86 bits per heavy atom. The normalized spacial score (nSPS) is 17.2. The molecule has 1 fully saturated rings. The largest absolute Gasteiger partial charge is 0.480 e. The molecule has 0 saturated carbocycles. The second-order valence-corrected chi connectivity index (χ2v) is 6.73. The lowest BCUT2D eigenvalue weighted by Gasteiger charge is -2.28. The monoisotopic (exact) mass is 312 g/mol. The van der Waals surface area contributed by atoms with Crippen LogP contribution in [0.4, 0.5) is 5.69 Å². The quantitative estimate of drug-likeness (QED) is 0.839. The molecule has 0 atom stereocenters. The molecule has 1 aliphatic rings. The molecule has 2 N–H and O–H groups in total. The first kappa shape index (κ1) is 15.3. The number of aliphatic carboxylic acids is 1. The second kappa shape index (κ2) is 6.13. The van der Waals surface area contributed by atoms with Crippen molar-refractivity contribution < 1.29 is 23.1 Å². The number of sulfonamides is 1. The van der Waals surface area contributed by atoms with Gasteiger partial charge in [0.25, 0.3) is 5.91 Å². The lowest BCUT2D eigenvalue weighted by atomic mass is 10.2. The molecule has 1 heterocycles. The maximum Gasteiger partial charge on any atom is 0.322 e. The fraction of sp³-hybridized carbons (Fsp3) is 0.385. The van der Waals surface area contributed by atoms with E-state index in [9.17, 15) is 18.0 Å². The molecule has 1 amide bonds. The summed E-state index contributed by atoms with van der Waals surface area (Å²) in [5.74, 6) is -1.50. The number of nitrogens with one attached hydrogen (secondary N) is 1. The molecule has 1 aromatic rings. The van der Waals surface area contributed by atoms with Crippen molar-refractivity contribution in [2.75, 3.05) is 23.1 Å². The van der Waals surface area contributed by atoms with E-state index in [1.165, 1.54) is 16.4 Å². The third kappa shape index (κ3) is 3.72. The molecular formula is C13H16N2O5S. The third-order valence-electron chi connectivity index (χ3n) is 3.17. The zero-order valence-corrected chi connectivity index (χ0v) is 12.1. The van der Waals surface area contributed by atoms with Crippen molar-refractivity contribution in [3.8, 4) is 0 Å². The van der Waals surface area contributed by atoms with Gasteiger partial charge in [-0.2, -0.15) is 0 Å². The van der Waals surface area contributed by atoms with Gasteiger partial charge >= 0.3 is 5.97 Å². The molecule has 0 bridgehead atoms. The molecule has 0 aliphatic carbocycles. The smallest absolute Gasteiger partial charge is 0.322 e. The fourth-order valence-corrected chi connectivity index (χ4v) is 3.76. The molecule has 1 saturated heterocycles. The van der Waals surface area contributed by atoms with E-state index in [4.69, 9.17) is 5.11 Å². The molecule has 114 valence electrons. The number of benzene rings is 1. The van der Waals surface area contributed by atoms with Crippen molar-refractivity contribution in [2.45, 2.75) is 12.8 Å². The van der Waals surface area contributed by atoms with Gasteiger partial charge in [0.1, 0.15) is 6.54 Å². The summed E-state index contributed by atoms with van der Waals surface area (Å²) in [5, 5.41) is 10.7. The Morgan fingerprint density at radius 3 is 2.43 bits per heavy atom. The van der Waals surface area contributed by atoms with Crippen molar-refractivity contribution in [1.82, 2.24) is 5.32 Å². The molecular weight excluding hydrogens is 296 g/mol. The van der Waals surface area contributed by atoms with Crippen molar-refractivity contribution >= 4 is 27.6 Å². The van der Waals surface area contributed by atoms with E-state index in [2.05, 4.69) is 5.32 Å². The number of rotatable bonds is 4. The lowest BCUT2D eigenvalue weighted by Crippen LogP contribution is -2.37. The van der Waals surface area contributed by atoms with Crippen LogP contribution >= 0.6 is 0 Å². The number of hydrogen-bond acceptors (Lipinski definition) is 4. The minimum atomic E-state index is -3.28. The van der Waals surface area contributed by atoms with E-state index in [0.29, 0.717) is 18.7 Å². The summed E-state index contributed by atoms with van der Waals surface area (Å²) in [4.78, 5) is 22.0. The van der Waals surface area contributed by atoms with Crippen LogP contribution in [0.1, 0.15) is 23.2 Å². The highest BCUT2D eigenvalue weighted by atomic mass is 32.2. The lowest BCUT2D eigenvalue weighted by molar-refractivity contribution is -0.135. The average Bonchev–Trinajstić information content (AvgIpc) is 2.44. The van der Waals surface area contributed by atoms with Gasteiger partial charge in [-0.15, -0.1) is 0 Å². The van der Waals surface area contributed by atoms with Crippen LogP contribution in [-0.4, -0.2) is 44.2 Å². The molecule has 0 unspecified atom stereocenters. The van der Waals surface area contributed by atoms with E-state index in [1.54, 1.807) is 12.1 Å². The standard InChI is InChI=1S/C13H16N2O5S/c16-12(17)9-14-13(18)10-3-5-11(6-4-10)15-7-1-2-8-21(15,19)20/h3-6H,1-2,7-9H2,(H,14,18)(H,16,17). The Bertz CT molecular complexity index is 639. The van der Waals surface area contributed by atoms with Crippen LogP contribution in [0.15, 0.2) is 24.3 Å². The first-order chi connectivity index (χ1) is 9.90. The molecule has 8 heteroatoms. The number of carbonyl (C=O) groups excluding carboxylic acids is 1. The van der Waals surface area contributed by atoms with Crippen LogP contribution in [0.3, 0.4) is 0 Å². The minimum Gasteiger partial charge on any atom is -0.480 e. The van der Waals surface area contributed by atoms with Crippen LogP contribution in [0.5, 0.6) is 0 Å². The first-order valence-electron chi connectivity index (χ1n) is 6.50. The van der Waals surface area contributed by atoms with Crippen LogP contribution in [0, 0.1) is 0 Å². The van der Waals surface area contributed by atoms with Crippen molar-refractivity contribution in [1.29, 1.82) is 0 Å². The molecule has 0 aromatic heterocycles. The van der Waals surface area contributed by atoms with Gasteiger partial charge in [-0.3, -0.25) is 13.9 Å². The third-order valence-corrected chi connectivity index (χ3v) is 5.04. The number of carboxylic acid groups (broad SMARTS) is 1. The van der Waals surface area contributed by atoms with Crippen molar-refractivity contribution in [3.63, 3.8) is 0 Å². The van der Waals surface area contributed by atoms with Gasteiger partial charge in [-0.1, -0.05) is 0 Å². The van der Waals surface area contributed by atoms with Crippen LogP contribution in [-0.2, 0) is 14.8 Å². The number of hydrogen-bond donors (Lipinski definition) is 2. The Morgan fingerprint density at radius 1 is 1.19 bits per heavy atom. The highest BCUT2D eigenvalue weighted by Crippen LogP contribution is 2.23. The fourth-order valence-electron chi connectivity index (χ4n) is 2.12. The Kier molecular flexibility index (Phi) is 4.46. The number of amides is 1. The van der Waals surface area contributed by atoms with Crippen LogP contribution in [0.25, 0.3) is 0 Å². The van der Waals surface area contributed by atoms with E-state index in [0.717, 1.165) is 6.42 Å². The number of carbonyl (C=O) groups is 2. The number of nitrogens with zero attached hydrogens (tertiary/aromatic N) is 1. The van der Waals surface area contributed by atoms with Gasteiger partial charge in [-0.05, 0) is 37.1 Å². The van der Waals surface area contributed by atoms with Gasteiger partial charge in [0.05, 0.1) is 11.4 Å². The van der Waals surface area contributed by atoms with Gasteiger partial charge in [0.15, 0.2) is 0 Å². The summed E-state index contributed by atoms with van der Waals surface area (Å²) in [6.07, 6.45) is 1.47. The maximum absolute atomic E-state index is 12.0. The topological polar surface area (TPSA) is 104 Å². The summed E-state index contributed by atoms with van der Waals surface area (Å²) < 4.78 is 25.3. The SMILES string of the molecule is O=C(O)CNC(=O)c1ccc(N2CCCCS2(=O)=O)cc1. The van der Waals surface area contributed by atoms with Gasteiger partial charge in [0, 0.05) is 12.1 Å². The summed E-state index contributed by atoms with van der Waals surface area (Å²) in [5.41, 5.74) is 0.805. The highest BCUT2D eigenvalue weighted by Gasteiger charge is 2.25. The van der Waals surface area contributed by atoms with Gasteiger partial charge in [-0.25, -0.2) is 8.42 Å². The Labute approximate surface area is 122 Å². The van der Waals surface area contributed by atoms with E-state index >= 15 is 0 Å². The molecule has 2 rings (SSSR count). The van der Waals surface area contributed by atoms with Crippen molar-refractivity contribution in [2.24, 2.45) is 0 Å². The van der Waals surface area contributed by atoms with Gasteiger partial charge in [0.2, 0.25) is 10.0 Å². The highest BCUT2D eigenvalue weighted by molar-refractivity contribution is 7.92. The van der Waals surface area contributed by atoms with Crippen LogP contribution in [0.2, 0.25) is 0 Å². The average molecular weight is 312 g/mol. The summed E-state index contributed by atoms with van der Waals surface area (Å²) >= 11 is 0. The molecule has 0 spiro atoms. The minimum absolute atomic E-state index is 0.133. The second-order valence-electron chi connectivity index (χ2n) is 4.72. The molecule has 0 radical (unpaired) electrons.